The van der Waals surface area contributed by atoms with Crippen molar-refractivity contribution in [2.24, 2.45) is 0 Å². The largest absolute Gasteiger partial charge is 0.481 e. The zero-order valence-corrected chi connectivity index (χ0v) is 15.6. The molecule has 0 atom stereocenters. The van der Waals surface area contributed by atoms with Crippen LogP contribution in [0.1, 0.15) is 26.3 Å². The van der Waals surface area contributed by atoms with Gasteiger partial charge in [0.05, 0.1) is 12.6 Å². The highest BCUT2D eigenvalue weighted by molar-refractivity contribution is 9.10. The lowest BCUT2D eigenvalue weighted by Gasteiger charge is -2.25. The summed E-state index contributed by atoms with van der Waals surface area (Å²) in [4.78, 5) is 18.1. The Kier molecular flexibility index (Phi) is 5.14. The molecule has 0 N–H and O–H groups in total. The number of aromatic nitrogens is 1. The van der Waals surface area contributed by atoms with Gasteiger partial charge in [-0.15, -0.1) is 0 Å². The lowest BCUT2D eigenvalue weighted by Crippen LogP contribution is -2.33. The van der Waals surface area contributed by atoms with Crippen molar-refractivity contribution < 1.29 is 14.3 Å². The van der Waals surface area contributed by atoms with E-state index < -0.39 is 5.60 Å². The van der Waals surface area contributed by atoms with Gasteiger partial charge in [-0.25, -0.2) is 9.78 Å². The van der Waals surface area contributed by atoms with Gasteiger partial charge in [-0.1, -0.05) is 15.9 Å². The Morgan fingerprint density at radius 1 is 1.30 bits per heavy atom. The van der Waals surface area contributed by atoms with Crippen molar-refractivity contribution in [3.05, 3.63) is 34.3 Å². The Balaban J connectivity index is 2.34. The molecule has 1 aromatic carbocycles. The van der Waals surface area contributed by atoms with Crippen LogP contribution in [0.3, 0.4) is 0 Å². The van der Waals surface area contributed by atoms with Crippen molar-refractivity contribution in [3.63, 3.8) is 0 Å². The molecule has 0 bridgehead atoms. The molecule has 0 spiro atoms. The smallest absolute Gasteiger partial charge is 0.410 e. The maximum absolute atomic E-state index is 12.2. The monoisotopic (exact) mass is 380 g/mol. The summed E-state index contributed by atoms with van der Waals surface area (Å²) in [5, 5.41) is 0.968. The van der Waals surface area contributed by atoms with Crippen LogP contribution in [0.4, 0.5) is 4.79 Å². The van der Waals surface area contributed by atoms with E-state index >= 15 is 0 Å². The Bertz CT molecular complexity index is 726. The van der Waals surface area contributed by atoms with Gasteiger partial charge in [0, 0.05) is 29.5 Å². The van der Waals surface area contributed by atoms with Crippen LogP contribution in [0, 0.1) is 0 Å². The molecule has 0 aliphatic carbocycles. The zero-order valence-electron chi connectivity index (χ0n) is 14.0. The van der Waals surface area contributed by atoms with Crippen molar-refractivity contribution >= 4 is 32.9 Å². The van der Waals surface area contributed by atoms with Gasteiger partial charge in [0.15, 0.2) is 0 Å². The Morgan fingerprint density at radius 2 is 2.00 bits per heavy atom. The molecule has 5 nitrogen and oxygen atoms in total. The number of halogens is 1. The minimum absolute atomic E-state index is 0.364. The second kappa shape index (κ2) is 6.74. The van der Waals surface area contributed by atoms with Gasteiger partial charge in [-0.2, -0.15) is 0 Å². The number of carbonyl (C=O) groups excluding carboxylic acids is 1. The maximum Gasteiger partial charge on any atom is 0.410 e. The first kappa shape index (κ1) is 17.5. The van der Waals surface area contributed by atoms with E-state index in [1.165, 1.54) is 0 Å². The SMILES string of the molecule is COc1cc(CN(C)C(=O)OC(C)(C)C)c2cc(Br)ccc2n1. The number of hydrogen-bond donors (Lipinski definition) is 0. The lowest BCUT2D eigenvalue weighted by molar-refractivity contribution is 0.0285. The second-order valence-electron chi connectivity index (χ2n) is 6.32. The van der Waals surface area contributed by atoms with Gasteiger partial charge in [0.25, 0.3) is 0 Å². The summed E-state index contributed by atoms with van der Waals surface area (Å²) in [5.41, 5.74) is 1.24. The first-order valence-corrected chi connectivity index (χ1v) is 8.06. The van der Waals surface area contributed by atoms with E-state index in [0.29, 0.717) is 12.4 Å². The Morgan fingerprint density at radius 3 is 2.61 bits per heavy atom. The van der Waals surface area contributed by atoms with Crippen molar-refractivity contribution in [2.75, 3.05) is 14.2 Å². The number of benzene rings is 1. The summed E-state index contributed by atoms with van der Waals surface area (Å²) >= 11 is 3.47. The van der Waals surface area contributed by atoms with Crippen LogP contribution < -0.4 is 4.74 Å². The number of pyridine rings is 1. The fraction of sp³-hybridized carbons (Fsp3) is 0.412. The molecular weight excluding hydrogens is 360 g/mol. The van der Waals surface area contributed by atoms with Gasteiger partial charge in [-0.05, 0) is 44.5 Å². The van der Waals surface area contributed by atoms with E-state index in [1.807, 2.05) is 45.0 Å². The highest BCUT2D eigenvalue weighted by Crippen LogP contribution is 2.26. The van der Waals surface area contributed by atoms with E-state index in [4.69, 9.17) is 9.47 Å². The number of ether oxygens (including phenoxy) is 2. The van der Waals surface area contributed by atoms with Crippen LogP contribution in [0.5, 0.6) is 5.88 Å². The minimum Gasteiger partial charge on any atom is -0.481 e. The van der Waals surface area contributed by atoms with Gasteiger partial charge in [0.2, 0.25) is 5.88 Å². The van der Waals surface area contributed by atoms with Crippen LogP contribution >= 0.6 is 15.9 Å². The summed E-state index contributed by atoms with van der Waals surface area (Å²) < 4.78 is 11.6. The molecule has 23 heavy (non-hydrogen) atoms. The summed E-state index contributed by atoms with van der Waals surface area (Å²) in [6, 6.07) is 7.67. The average molecular weight is 381 g/mol. The van der Waals surface area contributed by atoms with Gasteiger partial charge < -0.3 is 14.4 Å². The number of hydrogen-bond acceptors (Lipinski definition) is 4. The van der Waals surface area contributed by atoms with Gasteiger partial charge in [0.1, 0.15) is 5.60 Å². The van der Waals surface area contributed by atoms with E-state index in [-0.39, 0.29) is 6.09 Å². The van der Waals surface area contributed by atoms with E-state index in [9.17, 15) is 4.79 Å². The number of amides is 1. The molecule has 0 aliphatic rings. The van der Waals surface area contributed by atoms with Crippen molar-refractivity contribution in [3.8, 4) is 5.88 Å². The number of carbonyl (C=O) groups is 1. The fourth-order valence-electron chi connectivity index (χ4n) is 2.14. The zero-order chi connectivity index (χ0) is 17.2. The molecule has 0 unspecified atom stereocenters. The minimum atomic E-state index is -0.521. The summed E-state index contributed by atoms with van der Waals surface area (Å²) in [7, 11) is 3.29. The Labute approximate surface area is 144 Å². The van der Waals surface area contributed by atoms with Crippen molar-refractivity contribution in [1.82, 2.24) is 9.88 Å². The predicted molar refractivity (Wildman–Crippen MR) is 93.7 cm³/mol. The predicted octanol–water partition coefficient (Wildman–Crippen LogP) is 4.37. The van der Waals surface area contributed by atoms with Crippen LogP contribution in [-0.4, -0.2) is 35.7 Å². The third kappa shape index (κ3) is 4.58. The lowest BCUT2D eigenvalue weighted by atomic mass is 10.1. The summed E-state index contributed by atoms with van der Waals surface area (Å²) in [5.74, 6) is 0.521. The third-order valence-corrected chi connectivity index (χ3v) is 3.65. The molecule has 1 aromatic heterocycles. The quantitative estimate of drug-likeness (QED) is 0.792. The Hall–Kier alpha value is -1.82. The first-order valence-electron chi connectivity index (χ1n) is 7.27. The van der Waals surface area contributed by atoms with Crippen molar-refractivity contribution in [2.45, 2.75) is 32.9 Å². The average Bonchev–Trinajstić information content (AvgIpc) is 2.45. The first-order chi connectivity index (χ1) is 10.7. The molecule has 0 saturated heterocycles. The molecule has 2 aromatic rings. The molecule has 0 radical (unpaired) electrons. The van der Waals surface area contributed by atoms with E-state index in [2.05, 4.69) is 20.9 Å². The number of nitrogens with zero attached hydrogens (tertiary/aromatic N) is 2. The van der Waals surface area contributed by atoms with Crippen LogP contribution in [0.2, 0.25) is 0 Å². The number of rotatable bonds is 3. The third-order valence-electron chi connectivity index (χ3n) is 3.15. The molecule has 0 fully saturated rings. The molecule has 2 rings (SSSR count). The van der Waals surface area contributed by atoms with Gasteiger partial charge in [-0.3, -0.25) is 0 Å². The van der Waals surface area contributed by atoms with Crippen molar-refractivity contribution in [1.29, 1.82) is 0 Å². The number of methoxy groups -OCH3 is 1. The highest BCUT2D eigenvalue weighted by Gasteiger charge is 2.20. The van der Waals surface area contributed by atoms with E-state index in [1.54, 1.807) is 19.1 Å². The second-order valence-corrected chi connectivity index (χ2v) is 7.24. The number of fused-ring (bicyclic) bond motifs is 1. The molecule has 6 heteroatoms. The highest BCUT2D eigenvalue weighted by atomic mass is 79.9. The topological polar surface area (TPSA) is 51.7 Å². The molecule has 1 amide bonds. The van der Waals surface area contributed by atoms with Crippen LogP contribution in [-0.2, 0) is 11.3 Å². The molecular formula is C17H21BrN2O3. The normalized spacial score (nSPS) is 11.4. The van der Waals surface area contributed by atoms with Crippen LogP contribution in [0.15, 0.2) is 28.7 Å². The standard InChI is InChI=1S/C17H21BrN2O3/c1-17(2,3)23-16(21)20(4)10-11-8-15(22-5)19-14-7-6-12(18)9-13(11)14/h6-9H,10H2,1-5H3. The fourth-order valence-corrected chi connectivity index (χ4v) is 2.50. The summed E-state index contributed by atoms with van der Waals surface area (Å²) in [6.45, 7) is 5.95. The summed E-state index contributed by atoms with van der Waals surface area (Å²) in [6.07, 6.45) is -0.364. The van der Waals surface area contributed by atoms with E-state index in [0.717, 1.165) is 20.9 Å². The maximum atomic E-state index is 12.2. The van der Waals surface area contributed by atoms with Crippen LogP contribution in [0.25, 0.3) is 10.9 Å². The molecule has 1 heterocycles. The van der Waals surface area contributed by atoms with Gasteiger partial charge >= 0.3 is 6.09 Å². The molecule has 0 saturated carbocycles. The molecule has 124 valence electrons. The molecule has 0 aliphatic heterocycles.